The lowest BCUT2D eigenvalue weighted by atomic mass is 10.1. The third-order valence-corrected chi connectivity index (χ3v) is 16.2. The van der Waals surface area contributed by atoms with Crippen molar-refractivity contribution in [3.05, 3.63) is 315 Å². The number of hydrogen-bond acceptors (Lipinski definition) is 5. The highest BCUT2D eigenvalue weighted by molar-refractivity contribution is 6.13. The molecule has 0 saturated carbocycles. The first-order valence-corrected chi connectivity index (χ1v) is 28.4. The minimum Gasteiger partial charge on any atom is -0.310 e. The molecule has 0 aliphatic heterocycles. The molecule has 396 valence electrons. The Morgan fingerprint density at radius 3 is 0.857 bits per heavy atom. The molecule has 0 N–H and O–H groups in total. The fraction of sp³-hybridized carbons (Fsp3) is 0. The zero-order valence-electron chi connectivity index (χ0n) is 45.6. The average molecular weight is 1080 g/mol. The lowest BCUT2D eigenvalue weighted by Crippen LogP contribution is -2.12. The molecule has 0 spiro atoms. The molecule has 16 rings (SSSR count). The third-order valence-electron chi connectivity index (χ3n) is 16.2. The van der Waals surface area contributed by atoms with Crippen molar-refractivity contribution in [3.63, 3.8) is 0 Å². The predicted octanol–water partition coefficient (Wildman–Crippen LogP) is 20.2. The van der Waals surface area contributed by atoms with Crippen LogP contribution in [0.3, 0.4) is 0 Å². The first-order chi connectivity index (χ1) is 41.7. The van der Waals surface area contributed by atoms with Gasteiger partial charge in [-0.25, -0.2) is 0 Å². The Hall–Kier alpha value is -11.5. The van der Waals surface area contributed by atoms with Crippen LogP contribution in [0.25, 0.3) is 83.0 Å². The Morgan fingerprint density at radius 1 is 0.190 bits per heavy atom. The van der Waals surface area contributed by atoms with E-state index in [2.05, 4.69) is 344 Å². The first kappa shape index (κ1) is 48.4. The number of benzene rings is 12. The molecule has 12 aromatic carbocycles. The molecule has 0 amide bonds. The van der Waals surface area contributed by atoms with Gasteiger partial charge in [-0.3, -0.25) is 13.7 Å². The van der Waals surface area contributed by atoms with E-state index in [0.717, 1.165) is 128 Å². The van der Waals surface area contributed by atoms with Gasteiger partial charge in [0, 0.05) is 89.6 Å². The maximum absolute atomic E-state index is 5.84. The molecular weight excluding hydrogens is 1020 g/mol. The molecule has 8 heteroatoms. The molecule has 16 aromatic rings. The van der Waals surface area contributed by atoms with Crippen LogP contribution in [0.1, 0.15) is 0 Å². The summed E-state index contributed by atoms with van der Waals surface area (Å²) in [6.07, 6.45) is 0. The monoisotopic (exact) mass is 1080 g/mol. The summed E-state index contributed by atoms with van der Waals surface area (Å²) < 4.78 is 6.94. The third kappa shape index (κ3) is 8.15. The number of aromatic nitrogens is 5. The topological polar surface area (TPSA) is 50.3 Å². The molecule has 4 heterocycles. The Morgan fingerprint density at radius 2 is 0.464 bits per heavy atom. The minimum absolute atomic E-state index is 0.538. The average Bonchev–Trinajstić information content (AvgIpc) is 2.80. The van der Waals surface area contributed by atoms with Gasteiger partial charge in [-0.1, -0.05) is 176 Å². The van der Waals surface area contributed by atoms with Crippen molar-refractivity contribution in [3.8, 4) is 17.6 Å². The van der Waals surface area contributed by atoms with Crippen molar-refractivity contribution in [1.29, 1.82) is 0 Å². The second-order valence-corrected chi connectivity index (χ2v) is 21.1. The second-order valence-electron chi connectivity index (χ2n) is 21.1. The quantitative estimate of drug-likeness (QED) is 0.122. The van der Waals surface area contributed by atoms with Crippen LogP contribution in [0, 0.1) is 0 Å². The number of nitrogens with zero attached hydrogens (tertiary/aromatic N) is 8. The van der Waals surface area contributed by atoms with Gasteiger partial charge in [-0.15, -0.1) is 0 Å². The highest BCUT2D eigenvalue weighted by Crippen LogP contribution is 2.44. The van der Waals surface area contributed by atoms with E-state index in [-0.39, 0.29) is 0 Å². The molecule has 0 radical (unpaired) electrons. The molecule has 0 bridgehead atoms. The summed E-state index contributed by atoms with van der Waals surface area (Å²) in [5.74, 6) is 1.99. The Balaban J connectivity index is 0.986. The summed E-state index contributed by atoms with van der Waals surface area (Å²) >= 11 is 0. The van der Waals surface area contributed by atoms with Crippen LogP contribution in [-0.2, 0) is 0 Å². The summed E-state index contributed by atoms with van der Waals surface area (Å²) in [7, 11) is 0. The number of fused-ring (bicyclic) bond motifs is 9. The standard InChI is InChI=1S/C76H52N8/c1-7-25-53(26-8-1)79(54-27-9-2-10-28-54)59-45-48-71-67(49-59)64-39-21-23-41-69(64)82(71)74-52-75(83-68-40-22-19-37-62(68)65-46-43-60(50-72(65)83)80(55-29-11-3-12-30-55)56-31-13-4-14-32-56)78-76(77-74)84-70-42-24-20-38-63(70)66-47-44-61(51-73(66)84)81(57-33-15-5-16-34-57)58-35-17-6-18-36-58/h1-52H. The van der Waals surface area contributed by atoms with Crippen LogP contribution in [0.5, 0.6) is 0 Å². The fourth-order valence-electron chi connectivity index (χ4n) is 12.5. The van der Waals surface area contributed by atoms with Crippen LogP contribution in [0.15, 0.2) is 315 Å². The SMILES string of the molecule is c1ccc(N(c2ccccc2)c2ccc3c(c2)c2ccccc2n3-c2cc(-n3c4ccccc4c4ccc(N(c5ccccc5)c5ccccc5)cc43)nc(-n3c4ccccc4c4ccc(N(c5ccccc5)c5ccccc5)cc43)n2)cc1. The summed E-state index contributed by atoms with van der Waals surface area (Å²) in [6.45, 7) is 0. The zero-order valence-corrected chi connectivity index (χ0v) is 45.6. The van der Waals surface area contributed by atoms with Gasteiger partial charge >= 0.3 is 0 Å². The normalized spacial score (nSPS) is 11.6. The van der Waals surface area contributed by atoms with Gasteiger partial charge in [0.05, 0.1) is 33.1 Å². The van der Waals surface area contributed by atoms with E-state index in [1.165, 1.54) is 0 Å². The van der Waals surface area contributed by atoms with Gasteiger partial charge in [0.1, 0.15) is 11.6 Å². The maximum Gasteiger partial charge on any atom is 0.238 e. The van der Waals surface area contributed by atoms with E-state index in [9.17, 15) is 0 Å². The minimum atomic E-state index is 0.538. The zero-order chi connectivity index (χ0) is 55.5. The largest absolute Gasteiger partial charge is 0.310 e. The van der Waals surface area contributed by atoms with Gasteiger partial charge < -0.3 is 14.7 Å². The number of rotatable bonds is 12. The molecule has 0 saturated heterocycles. The van der Waals surface area contributed by atoms with Gasteiger partial charge in [0.15, 0.2) is 0 Å². The van der Waals surface area contributed by atoms with Crippen LogP contribution < -0.4 is 14.7 Å². The van der Waals surface area contributed by atoms with Crippen LogP contribution in [0.4, 0.5) is 51.2 Å². The van der Waals surface area contributed by atoms with Crippen molar-refractivity contribution in [2.75, 3.05) is 14.7 Å². The number of anilines is 9. The number of hydrogen-bond donors (Lipinski definition) is 0. The van der Waals surface area contributed by atoms with E-state index in [0.29, 0.717) is 5.95 Å². The molecule has 0 unspecified atom stereocenters. The van der Waals surface area contributed by atoms with Gasteiger partial charge in [0.2, 0.25) is 5.95 Å². The molecule has 0 atom stereocenters. The summed E-state index contributed by atoms with van der Waals surface area (Å²) in [6, 6.07) is 112. The Bertz CT molecular complexity index is 4740. The lowest BCUT2D eigenvalue weighted by molar-refractivity contribution is 0.918. The maximum atomic E-state index is 5.84. The van der Waals surface area contributed by atoms with E-state index in [1.807, 2.05) is 0 Å². The van der Waals surface area contributed by atoms with Crippen molar-refractivity contribution >= 4 is 117 Å². The number of para-hydroxylation sites is 9. The molecule has 0 aliphatic rings. The lowest BCUT2D eigenvalue weighted by Gasteiger charge is -2.26. The van der Waals surface area contributed by atoms with Gasteiger partial charge in [-0.2, -0.15) is 9.97 Å². The van der Waals surface area contributed by atoms with E-state index >= 15 is 0 Å². The predicted molar refractivity (Wildman–Crippen MR) is 349 cm³/mol. The Kier molecular flexibility index (Phi) is 11.7. The van der Waals surface area contributed by atoms with Crippen LogP contribution in [-0.4, -0.2) is 23.7 Å². The van der Waals surface area contributed by atoms with E-state index < -0.39 is 0 Å². The smallest absolute Gasteiger partial charge is 0.238 e. The van der Waals surface area contributed by atoms with Crippen molar-refractivity contribution in [2.24, 2.45) is 0 Å². The molecule has 84 heavy (non-hydrogen) atoms. The molecule has 0 aliphatic carbocycles. The van der Waals surface area contributed by atoms with E-state index in [4.69, 9.17) is 9.97 Å². The summed E-state index contributed by atoms with van der Waals surface area (Å²) in [5, 5.41) is 6.67. The highest BCUT2D eigenvalue weighted by Gasteiger charge is 2.25. The molecule has 8 nitrogen and oxygen atoms in total. The van der Waals surface area contributed by atoms with Crippen molar-refractivity contribution in [2.45, 2.75) is 0 Å². The van der Waals surface area contributed by atoms with Gasteiger partial charge in [-0.05, 0) is 133 Å². The summed E-state index contributed by atoms with van der Waals surface area (Å²) in [5.41, 5.74) is 15.5. The Labute approximate surface area is 485 Å². The summed E-state index contributed by atoms with van der Waals surface area (Å²) in [4.78, 5) is 18.6. The highest BCUT2D eigenvalue weighted by atomic mass is 15.2. The fourth-order valence-corrected chi connectivity index (χ4v) is 12.5. The van der Waals surface area contributed by atoms with Crippen molar-refractivity contribution in [1.82, 2.24) is 23.7 Å². The van der Waals surface area contributed by atoms with Crippen LogP contribution in [0.2, 0.25) is 0 Å². The molecular formula is C76H52N8. The van der Waals surface area contributed by atoms with Gasteiger partial charge in [0.25, 0.3) is 0 Å². The molecule has 4 aromatic heterocycles. The van der Waals surface area contributed by atoms with Crippen molar-refractivity contribution < 1.29 is 0 Å². The van der Waals surface area contributed by atoms with Crippen LogP contribution >= 0.6 is 0 Å². The molecule has 0 fully saturated rings. The first-order valence-electron chi connectivity index (χ1n) is 28.4. The second kappa shape index (κ2) is 20.3. The van der Waals surface area contributed by atoms with E-state index in [1.54, 1.807) is 0 Å².